The standard InChI is InChI=1S/C12H12N6O3/c1-18(12(19)21-9-5-3-2-4-6-9)17-16-11-10(7-15-20)13-8-14-11/h2-6,8H,7H2,1H3,(H,13,14)/b17-16-. The second kappa shape index (κ2) is 6.89. The minimum Gasteiger partial charge on any atom is -0.409 e. The molecule has 1 heterocycles. The lowest BCUT2D eigenvalue weighted by Gasteiger charge is -2.09. The SMILES string of the molecule is CN(/N=N\c1nc[nH]c1CN=O)C(=O)Oc1ccccc1. The van der Waals surface area contributed by atoms with Crippen LogP contribution in [-0.4, -0.2) is 28.1 Å². The van der Waals surface area contributed by atoms with Gasteiger partial charge in [0.15, 0.2) is 5.82 Å². The summed E-state index contributed by atoms with van der Waals surface area (Å²) in [5.74, 6) is 0.587. The number of rotatable bonds is 5. The predicted molar refractivity (Wildman–Crippen MR) is 72.8 cm³/mol. The zero-order valence-electron chi connectivity index (χ0n) is 11.1. The normalized spacial score (nSPS) is 10.5. The van der Waals surface area contributed by atoms with E-state index in [0.717, 1.165) is 5.01 Å². The Kier molecular flexibility index (Phi) is 4.70. The van der Waals surface area contributed by atoms with Crippen LogP contribution >= 0.6 is 0 Å². The van der Waals surface area contributed by atoms with Crippen molar-refractivity contribution in [1.29, 1.82) is 0 Å². The van der Waals surface area contributed by atoms with Gasteiger partial charge in [-0.3, -0.25) is 0 Å². The van der Waals surface area contributed by atoms with Crippen molar-refractivity contribution >= 4 is 11.9 Å². The van der Waals surface area contributed by atoms with Gasteiger partial charge in [0.05, 0.1) is 12.0 Å². The third-order valence-electron chi connectivity index (χ3n) is 2.40. The molecule has 9 heteroatoms. The number of nitrogens with zero attached hydrogens (tertiary/aromatic N) is 5. The maximum absolute atomic E-state index is 11.7. The van der Waals surface area contributed by atoms with E-state index in [4.69, 9.17) is 4.74 Å². The van der Waals surface area contributed by atoms with Gasteiger partial charge in [-0.15, -0.1) is 5.11 Å². The van der Waals surface area contributed by atoms with Crippen molar-refractivity contribution < 1.29 is 9.53 Å². The van der Waals surface area contributed by atoms with Crippen molar-refractivity contribution in [3.63, 3.8) is 0 Å². The Hall–Kier alpha value is -3.10. The first kappa shape index (κ1) is 14.3. The molecule has 0 aliphatic carbocycles. The van der Waals surface area contributed by atoms with Crippen molar-refractivity contribution in [3.8, 4) is 5.75 Å². The van der Waals surface area contributed by atoms with Crippen LogP contribution < -0.4 is 4.74 Å². The minimum atomic E-state index is -0.699. The molecule has 0 saturated carbocycles. The summed E-state index contributed by atoms with van der Waals surface area (Å²) >= 11 is 0. The first-order valence-corrected chi connectivity index (χ1v) is 5.94. The smallest absolute Gasteiger partial charge is 0.409 e. The van der Waals surface area contributed by atoms with E-state index >= 15 is 0 Å². The molecule has 1 amide bonds. The highest BCUT2D eigenvalue weighted by Crippen LogP contribution is 2.15. The second-order valence-electron chi connectivity index (χ2n) is 3.89. The summed E-state index contributed by atoms with van der Waals surface area (Å²) in [5, 5.41) is 11.1. The largest absolute Gasteiger partial charge is 0.436 e. The number of imidazole rings is 1. The highest BCUT2D eigenvalue weighted by atomic mass is 16.6. The van der Waals surface area contributed by atoms with Crippen LogP contribution in [-0.2, 0) is 6.54 Å². The molecular formula is C12H12N6O3. The summed E-state index contributed by atoms with van der Waals surface area (Å²) in [6.07, 6.45) is 0.660. The van der Waals surface area contributed by atoms with Gasteiger partial charge in [-0.2, -0.15) is 9.92 Å². The number of para-hydroxylation sites is 1. The molecule has 1 N–H and O–H groups in total. The van der Waals surface area contributed by atoms with Crippen LogP contribution in [0.4, 0.5) is 10.6 Å². The van der Waals surface area contributed by atoms with Crippen LogP contribution in [0.1, 0.15) is 5.69 Å². The van der Waals surface area contributed by atoms with Gasteiger partial charge >= 0.3 is 6.09 Å². The average Bonchev–Trinajstić information content (AvgIpc) is 2.93. The summed E-state index contributed by atoms with van der Waals surface area (Å²) in [4.78, 5) is 28.5. The van der Waals surface area contributed by atoms with E-state index in [0.29, 0.717) is 11.4 Å². The molecular weight excluding hydrogens is 276 g/mol. The van der Waals surface area contributed by atoms with Crippen LogP contribution in [0.2, 0.25) is 0 Å². The van der Waals surface area contributed by atoms with Crippen LogP contribution in [0.25, 0.3) is 0 Å². The molecule has 0 bridgehead atoms. The number of aromatic nitrogens is 2. The summed E-state index contributed by atoms with van der Waals surface area (Å²) in [5.41, 5.74) is 0.415. The van der Waals surface area contributed by atoms with Gasteiger partial charge in [0.1, 0.15) is 12.3 Å². The van der Waals surface area contributed by atoms with Gasteiger partial charge in [0, 0.05) is 7.05 Å². The number of nitrogens with one attached hydrogen (secondary N) is 1. The maximum Gasteiger partial charge on any atom is 0.436 e. The molecule has 2 aromatic rings. The fourth-order valence-electron chi connectivity index (χ4n) is 1.38. The number of H-pyrrole nitrogens is 1. The topological polar surface area (TPSA) is 112 Å². The number of hydrogen-bond donors (Lipinski definition) is 1. The fourth-order valence-corrected chi connectivity index (χ4v) is 1.38. The van der Waals surface area contributed by atoms with Crippen molar-refractivity contribution in [3.05, 3.63) is 47.3 Å². The number of benzene rings is 1. The molecule has 0 unspecified atom stereocenters. The molecule has 0 fully saturated rings. The van der Waals surface area contributed by atoms with E-state index in [1.54, 1.807) is 30.3 Å². The number of amides is 1. The zero-order valence-corrected chi connectivity index (χ0v) is 11.1. The Balaban J connectivity index is 1.98. The Morgan fingerprint density at radius 1 is 1.38 bits per heavy atom. The average molecular weight is 288 g/mol. The quantitative estimate of drug-likeness (QED) is 0.517. The van der Waals surface area contributed by atoms with Crippen LogP contribution in [0.3, 0.4) is 0 Å². The van der Waals surface area contributed by atoms with Gasteiger partial charge in [-0.1, -0.05) is 28.6 Å². The van der Waals surface area contributed by atoms with E-state index in [1.807, 2.05) is 0 Å². The molecule has 2 rings (SSSR count). The molecule has 0 aliphatic heterocycles. The minimum absolute atomic E-state index is 0.105. The summed E-state index contributed by atoms with van der Waals surface area (Å²) < 4.78 is 5.06. The van der Waals surface area contributed by atoms with E-state index in [9.17, 15) is 9.70 Å². The van der Waals surface area contributed by atoms with Gasteiger partial charge < -0.3 is 9.72 Å². The van der Waals surface area contributed by atoms with Crippen molar-refractivity contribution in [2.45, 2.75) is 6.54 Å². The number of carbonyl (C=O) groups excluding carboxylic acids is 1. The molecule has 0 aliphatic rings. The number of ether oxygens (including phenoxy) is 1. The second-order valence-corrected chi connectivity index (χ2v) is 3.89. The lowest BCUT2D eigenvalue weighted by Crippen LogP contribution is -2.24. The highest BCUT2D eigenvalue weighted by molar-refractivity contribution is 5.69. The van der Waals surface area contributed by atoms with Crippen LogP contribution in [0.15, 0.2) is 52.2 Å². The summed E-state index contributed by atoms with van der Waals surface area (Å²) in [7, 11) is 1.39. The van der Waals surface area contributed by atoms with Crippen LogP contribution in [0, 0.1) is 4.91 Å². The molecule has 0 spiro atoms. The number of nitroso groups, excluding NO2 is 1. The predicted octanol–water partition coefficient (Wildman–Crippen LogP) is 2.81. The molecule has 9 nitrogen and oxygen atoms in total. The molecule has 108 valence electrons. The van der Waals surface area contributed by atoms with Gasteiger partial charge in [-0.05, 0) is 12.1 Å². The van der Waals surface area contributed by atoms with Gasteiger partial charge in [-0.25, -0.2) is 9.78 Å². The highest BCUT2D eigenvalue weighted by Gasteiger charge is 2.11. The molecule has 21 heavy (non-hydrogen) atoms. The number of hydrogen-bond acceptors (Lipinski definition) is 7. The lowest BCUT2D eigenvalue weighted by molar-refractivity contribution is 0.161. The van der Waals surface area contributed by atoms with Gasteiger partial charge in [0.25, 0.3) is 0 Å². The zero-order chi connectivity index (χ0) is 15.1. The Bertz CT molecular complexity index is 639. The number of carbonyl (C=O) groups is 1. The van der Waals surface area contributed by atoms with Crippen LogP contribution in [0.5, 0.6) is 5.75 Å². The third-order valence-corrected chi connectivity index (χ3v) is 2.40. The van der Waals surface area contributed by atoms with Crippen molar-refractivity contribution in [2.75, 3.05) is 7.05 Å². The Morgan fingerprint density at radius 2 is 2.14 bits per heavy atom. The first-order valence-electron chi connectivity index (χ1n) is 5.94. The first-order chi connectivity index (χ1) is 10.2. The summed E-state index contributed by atoms with van der Waals surface area (Å²) in [6.45, 7) is -0.105. The van der Waals surface area contributed by atoms with Gasteiger partial charge in [0.2, 0.25) is 0 Å². The lowest BCUT2D eigenvalue weighted by atomic mass is 10.3. The fraction of sp³-hybridized carbons (Fsp3) is 0.167. The summed E-state index contributed by atoms with van der Waals surface area (Å²) in [6, 6.07) is 8.58. The van der Waals surface area contributed by atoms with Crippen molar-refractivity contribution in [2.24, 2.45) is 15.5 Å². The molecule has 1 aromatic carbocycles. The number of aromatic amines is 1. The van der Waals surface area contributed by atoms with E-state index in [-0.39, 0.29) is 12.4 Å². The van der Waals surface area contributed by atoms with E-state index in [1.165, 1.54) is 13.4 Å². The van der Waals surface area contributed by atoms with E-state index in [2.05, 4.69) is 25.5 Å². The van der Waals surface area contributed by atoms with E-state index < -0.39 is 6.09 Å². The van der Waals surface area contributed by atoms with Crippen molar-refractivity contribution in [1.82, 2.24) is 15.0 Å². The monoisotopic (exact) mass is 288 g/mol. The third kappa shape index (κ3) is 3.93. The molecule has 0 radical (unpaired) electrons. The maximum atomic E-state index is 11.7. The molecule has 1 aromatic heterocycles. The Morgan fingerprint density at radius 3 is 2.86 bits per heavy atom. The molecule has 0 atom stereocenters. The molecule has 0 saturated heterocycles. The Labute approximate surface area is 119 Å².